The van der Waals surface area contributed by atoms with Crippen LogP contribution in [0.25, 0.3) is 0 Å². The Morgan fingerprint density at radius 2 is 1.81 bits per heavy atom. The zero-order valence-corrected chi connectivity index (χ0v) is 20.1. The third-order valence-corrected chi connectivity index (χ3v) is 7.33. The highest BCUT2D eigenvalue weighted by Crippen LogP contribution is 2.34. The van der Waals surface area contributed by atoms with E-state index in [-0.39, 0.29) is 11.9 Å². The van der Waals surface area contributed by atoms with Crippen LogP contribution < -0.4 is 4.90 Å². The van der Waals surface area contributed by atoms with Gasteiger partial charge in [-0.2, -0.15) is 0 Å². The molecule has 0 bridgehead atoms. The second-order valence-corrected chi connectivity index (χ2v) is 9.50. The van der Waals surface area contributed by atoms with E-state index in [2.05, 4.69) is 40.1 Å². The van der Waals surface area contributed by atoms with E-state index in [1.165, 1.54) is 5.56 Å². The monoisotopic (exact) mass is 475 g/mol. The normalized spacial score (nSPS) is 22.0. The Morgan fingerprint density at radius 3 is 2.53 bits per heavy atom. The fourth-order valence-electron chi connectivity index (χ4n) is 4.84. The standard InChI is InChI=1S/C25H31Cl2N3O2/c1-28(20-9-10-22(26)23(27)16-20)18-25(31)30-11-5-8-21(19-6-3-2-4-7-19)24(30)17-29-12-14-32-15-13-29/h2-4,6-7,9-10,16,21,24H,5,8,11-15,17-18H2,1H3. The number of amides is 1. The number of morpholine rings is 1. The van der Waals surface area contributed by atoms with E-state index >= 15 is 0 Å². The van der Waals surface area contributed by atoms with E-state index in [9.17, 15) is 4.79 Å². The van der Waals surface area contributed by atoms with Gasteiger partial charge in [-0.3, -0.25) is 9.69 Å². The number of likely N-dealkylation sites (tertiary alicyclic amines) is 1. The molecule has 32 heavy (non-hydrogen) atoms. The third-order valence-electron chi connectivity index (χ3n) is 6.59. The molecule has 2 aliphatic rings. The van der Waals surface area contributed by atoms with E-state index in [4.69, 9.17) is 27.9 Å². The number of hydrogen-bond donors (Lipinski definition) is 0. The van der Waals surface area contributed by atoms with Crippen LogP contribution in [0.2, 0.25) is 10.0 Å². The summed E-state index contributed by atoms with van der Waals surface area (Å²) in [6, 6.07) is 16.3. The average Bonchev–Trinajstić information content (AvgIpc) is 2.82. The Morgan fingerprint density at radius 1 is 1.06 bits per heavy atom. The molecule has 172 valence electrons. The van der Waals surface area contributed by atoms with E-state index in [0.717, 1.165) is 57.9 Å². The number of piperidine rings is 1. The van der Waals surface area contributed by atoms with Crippen LogP contribution in [-0.2, 0) is 9.53 Å². The van der Waals surface area contributed by atoms with Gasteiger partial charge in [-0.05, 0) is 36.6 Å². The molecule has 2 atom stereocenters. The number of benzene rings is 2. The maximum Gasteiger partial charge on any atom is 0.242 e. The van der Waals surface area contributed by atoms with Gasteiger partial charge >= 0.3 is 0 Å². The number of carbonyl (C=O) groups excluding carboxylic acids is 1. The average molecular weight is 476 g/mol. The van der Waals surface area contributed by atoms with Crippen LogP contribution in [0.15, 0.2) is 48.5 Å². The molecule has 0 N–H and O–H groups in total. The topological polar surface area (TPSA) is 36.0 Å². The van der Waals surface area contributed by atoms with Crippen molar-refractivity contribution in [2.24, 2.45) is 0 Å². The zero-order valence-electron chi connectivity index (χ0n) is 18.6. The largest absolute Gasteiger partial charge is 0.379 e. The van der Waals surface area contributed by atoms with Crippen molar-refractivity contribution >= 4 is 34.8 Å². The summed E-state index contributed by atoms with van der Waals surface area (Å²) < 4.78 is 5.55. The summed E-state index contributed by atoms with van der Waals surface area (Å²) in [5.74, 6) is 0.490. The van der Waals surface area contributed by atoms with Crippen LogP contribution in [0.3, 0.4) is 0 Å². The van der Waals surface area contributed by atoms with Crippen molar-refractivity contribution in [2.75, 3.05) is 57.9 Å². The molecule has 0 aromatic heterocycles. The van der Waals surface area contributed by atoms with Crippen molar-refractivity contribution < 1.29 is 9.53 Å². The molecule has 2 aromatic rings. The number of likely N-dealkylation sites (N-methyl/N-ethyl adjacent to an activating group) is 1. The molecule has 0 saturated carbocycles. The molecule has 0 aliphatic carbocycles. The highest BCUT2D eigenvalue weighted by molar-refractivity contribution is 6.42. The lowest BCUT2D eigenvalue weighted by atomic mass is 9.83. The Bertz CT molecular complexity index is 905. The molecule has 2 aromatic carbocycles. The first-order valence-electron chi connectivity index (χ1n) is 11.3. The van der Waals surface area contributed by atoms with Crippen LogP contribution in [0, 0.1) is 0 Å². The van der Waals surface area contributed by atoms with Crippen molar-refractivity contribution in [3.8, 4) is 0 Å². The van der Waals surface area contributed by atoms with E-state index in [1.54, 1.807) is 6.07 Å². The molecule has 2 unspecified atom stereocenters. The number of halogens is 2. The van der Waals surface area contributed by atoms with Crippen molar-refractivity contribution in [1.29, 1.82) is 0 Å². The summed E-state index contributed by atoms with van der Waals surface area (Å²) in [4.78, 5) is 20.1. The minimum atomic E-state index is 0.150. The van der Waals surface area contributed by atoms with Gasteiger partial charge < -0.3 is 14.5 Å². The Kier molecular flexibility index (Phi) is 7.95. The molecule has 2 fully saturated rings. The molecule has 0 radical (unpaired) electrons. The van der Waals surface area contributed by atoms with Gasteiger partial charge in [-0.1, -0.05) is 53.5 Å². The summed E-state index contributed by atoms with van der Waals surface area (Å²) >= 11 is 12.3. The van der Waals surface area contributed by atoms with Crippen molar-refractivity contribution in [2.45, 2.75) is 24.8 Å². The Hall–Kier alpha value is -1.79. The lowest BCUT2D eigenvalue weighted by Crippen LogP contribution is -2.55. The lowest BCUT2D eigenvalue weighted by Gasteiger charge is -2.45. The van der Waals surface area contributed by atoms with Gasteiger partial charge in [0.25, 0.3) is 0 Å². The molecule has 4 rings (SSSR count). The molecule has 2 saturated heterocycles. The quantitative estimate of drug-likeness (QED) is 0.614. The highest BCUT2D eigenvalue weighted by atomic mass is 35.5. The van der Waals surface area contributed by atoms with Crippen molar-refractivity contribution in [3.63, 3.8) is 0 Å². The van der Waals surface area contributed by atoms with E-state index in [1.807, 2.05) is 24.1 Å². The van der Waals surface area contributed by atoms with Crippen LogP contribution in [0.4, 0.5) is 5.69 Å². The summed E-state index contributed by atoms with van der Waals surface area (Å²) in [6.45, 7) is 5.34. The van der Waals surface area contributed by atoms with Gasteiger partial charge in [0.1, 0.15) is 0 Å². The van der Waals surface area contributed by atoms with Crippen LogP contribution in [0.5, 0.6) is 0 Å². The first-order valence-corrected chi connectivity index (χ1v) is 12.1. The molecule has 7 heteroatoms. The number of hydrogen-bond acceptors (Lipinski definition) is 4. The van der Waals surface area contributed by atoms with Gasteiger partial charge in [0.05, 0.1) is 35.8 Å². The van der Waals surface area contributed by atoms with Gasteiger partial charge in [0.2, 0.25) is 5.91 Å². The molecule has 2 heterocycles. The fourth-order valence-corrected chi connectivity index (χ4v) is 5.13. The maximum atomic E-state index is 13.5. The molecule has 2 aliphatic heterocycles. The molecular formula is C25H31Cl2N3O2. The second kappa shape index (κ2) is 10.9. The molecule has 5 nitrogen and oxygen atoms in total. The Balaban J connectivity index is 1.53. The van der Waals surface area contributed by atoms with Gasteiger partial charge in [-0.15, -0.1) is 0 Å². The number of ether oxygens (including phenoxy) is 1. The van der Waals surface area contributed by atoms with Crippen LogP contribution in [-0.4, -0.2) is 74.7 Å². The maximum absolute atomic E-state index is 13.5. The smallest absolute Gasteiger partial charge is 0.242 e. The molecular weight excluding hydrogens is 445 g/mol. The highest BCUT2D eigenvalue weighted by Gasteiger charge is 2.36. The second-order valence-electron chi connectivity index (χ2n) is 8.68. The van der Waals surface area contributed by atoms with E-state index < -0.39 is 0 Å². The van der Waals surface area contributed by atoms with Crippen LogP contribution in [0.1, 0.15) is 24.3 Å². The predicted octanol–water partition coefficient (Wildman–Crippen LogP) is 4.54. The zero-order chi connectivity index (χ0) is 22.5. The predicted molar refractivity (Wildman–Crippen MR) is 131 cm³/mol. The van der Waals surface area contributed by atoms with Crippen molar-refractivity contribution in [1.82, 2.24) is 9.80 Å². The fraction of sp³-hybridized carbons (Fsp3) is 0.480. The number of rotatable bonds is 6. The summed E-state index contributed by atoms with van der Waals surface area (Å²) in [7, 11) is 1.92. The minimum absolute atomic E-state index is 0.150. The summed E-state index contributed by atoms with van der Waals surface area (Å²) in [6.07, 6.45) is 2.12. The van der Waals surface area contributed by atoms with Gasteiger partial charge in [0, 0.05) is 44.8 Å². The molecule has 0 spiro atoms. The van der Waals surface area contributed by atoms with Gasteiger partial charge in [0.15, 0.2) is 0 Å². The number of nitrogens with zero attached hydrogens (tertiary/aromatic N) is 3. The third kappa shape index (κ3) is 5.57. The summed E-state index contributed by atoms with van der Waals surface area (Å²) in [5, 5.41) is 1.01. The summed E-state index contributed by atoms with van der Waals surface area (Å²) in [5.41, 5.74) is 2.20. The van der Waals surface area contributed by atoms with Gasteiger partial charge in [-0.25, -0.2) is 0 Å². The van der Waals surface area contributed by atoms with Crippen molar-refractivity contribution in [3.05, 3.63) is 64.1 Å². The minimum Gasteiger partial charge on any atom is -0.379 e. The number of carbonyl (C=O) groups is 1. The Labute approximate surface area is 200 Å². The van der Waals surface area contributed by atoms with E-state index in [0.29, 0.717) is 22.5 Å². The molecule has 1 amide bonds. The lowest BCUT2D eigenvalue weighted by molar-refractivity contribution is -0.134. The first kappa shape index (κ1) is 23.4. The first-order chi connectivity index (χ1) is 15.5. The number of anilines is 1. The SMILES string of the molecule is CN(CC(=O)N1CCCC(c2ccccc2)C1CN1CCOCC1)c1ccc(Cl)c(Cl)c1. The van der Waals surface area contributed by atoms with Crippen LogP contribution >= 0.6 is 23.2 Å².